The fraction of sp³-hybridized carbons (Fsp3) is 0.800. The second kappa shape index (κ2) is 6.70. The molecular formula is C10H17ClN2O3. The molecule has 1 rings (SSSR count). The number of carbonyl (C=O) groups is 2. The molecule has 0 aromatic carbocycles. The van der Waals surface area contributed by atoms with Crippen LogP contribution in [-0.4, -0.2) is 55.4 Å². The standard InChI is InChI=1S/C10H17ClN2O3/c1-16-7-10(15)13-4-2-8(3-5-13)12-9(14)6-11/h8H,2-7H2,1H3,(H,12,14). The molecule has 0 saturated carbocycles. The maximum Gasteiger partial charge on any atom is 0.248 e. The number of rotatable bonds is 4. The van der Waals surface area contributed by atoms with Crippen LogP contribution in [0.3, 0.4) is 0 Å². The van der Waals surface area contributed by atoms with E-state index in [2.05, 4.69) is 5.32 Å². The summed E-state index contributed by atoms with van der Waals surface area (Å²) in [7, 11) is 1.51. The summed E-state index contributed by atoms with van der Waals surface area (Å²) in [5.41, 5.74) is 0. The number of carbonyl (C=O) groups excluding carboxylic acids is 2. The minimum absolute atomic E-state index is 0.00428. The zero-order chi connectivity index (χ0) is 12.0. The first kappa shape index (κ1) is 13.3. The Morgan fingerprint density at radius 2 is 2.06 bits per heavy atom. The molecule has 1 fully saturated rings. The zero-order valence-electron chi connectivity index (χ0n) is 9.37. The number of likely N-dealkylation sites (tertiary alicyclic amines) is 1. The molecule has 0 radical (unpaired) electrons. The molecule has 0 atom stereocenters. The lowest BCUT2D eigenvalue weighted by Gasteiger charge is -2.32. The summed E-state index contributed by atoms with van der Waals surface area (Å²) in [6.07, 6.45) is 1.55. The zero-order valence-corrected chi connectivity index (χ0v) is 10.1. The van der Waals surface area contributed by atoms with Crippen molar-refractivity contribution in [3.8, 4) is 0 Å². The summed E-state index contributed by atoms with van der Waals surface area (Å²) in [5.74, 6) is -0.157. The largest absolute Gasteiger partial charge is 0.375 e. The Balaban J connectivity index is 2.28. The lowest BCUT2D eigenvalue weighted by atomic mass is 10.1. The van der Waals surface area contributed by atoms with E-state index < -0.39 is 0 Å². The van der Waals surface area contributed by atoms with Crippen molar-refractivity contribution in [1.29, 1.82) is 0 Å². The van der Waals surface area contributed by atoms with Gasteiger partial charge < -0.3 is 15.0 Å². The number of hydrogen-bond donors (Lipinski definition) is 1. The number of nitrogens with zero attached hydrogens (tertiary/aromatic N) is 1. The van der Waals surface area contributed by atoms with Gasteiger partial charge in [0.25, 0.3) is 0 Å². The highest BCUT2D eigenvalue weighted by Gasteiger charge is 2.23. The van der Waals surface area contributed by atoms with Crippen molar-refractivity contribution in [3.63, 3.8) is 0 Å². The van der Waals surface area contributed by atoms with Crippen molar-refractivity contribution in [3.05, 3.63) is 0 Å². The fourth-order valence-electron chi connectivity index (χ4n) is 1.75. The SMILES string of the molecule is COCC(=O)N1CCC(NC(=O)CCl)CC1. The summed E-state index contributed by atoms with van der Waals surface area (Å²) in [6, 6.07) is 0.137. The Morgan fingerprint density at radius 1 is 1.44 bits per heavy atom. The Bertz CT molecular complexity index is 252. The van der Waals surface area contributed by atoms with Gasteiger partial charge in [0.05, 0.1) is 0 Å². The van der Waals surface area contributed by atoms with Crippen LogP contribution in [0.15, 0.2) is 0 Å². The number of amides is 2. The summed E-state index contributed by atoms with van der Waals surface area (Å²) < 4.78 is 4.79. The number of halogens is 1. The predicted octanol–water partition coefficient (Wildman–Crippen LogP) is -0.0212. The van der Waals surface area contributed by atoms with Gasteiger partial charge in [-0.1, -0.05) is 0 Å². The van der Waals surface area contributed by atoms with Gasteiger partial charge in [0.15, 0.2) is 0 Å². The maximum absolute atomic E-state index is 11.5. The average molecular weight is 249 g/mol. The van der Waals surface area contributed by atoms with Crippen LogP contribution < -0.4 is 5.32 Å². The Kier molecular flexibility index (Phi) is 5.55. The van der Waals surface area contributed by atoms with E-state index in [-0.39, 0.29) is 30.3 Å². The molecule has 6 heteroatoms. The van der Waals surface area contributed by atoms with Crippen LogP contribution in [0.4, 0.5) is 0 Å². The van der Waals surface area contributed by atoms with Crippen molar-refractivity contribution in [2.45, 2.75) is 18.9 Å². The van der Waals surface area contributed by atoms with Crippen molar-refractivity contribution in [2.24, 2.45) is 0 Å². The fourth-order valence-corrected chi connectivity index (χ4v) is 1.83. The smallest absolute Gasteiger partial charge is 0.248 e. The molecule has 1 N–H and O–H groups in total. The highest BCUT2D eigenvalue weighted by Crippen LogP contribution is 2.10. The summed E-state index contributed by atoms with van der Waals surface area (Å²) >= 11 is 5.40. The van der Waals surface area contributed by atoms with E-state index in [1.807, 2.05) is 0 Å². The lowest BCUT2D eigenvalue weighted by molar-refractivity contribution is -0.136. The Hall–Kier alpha value is -0.810. The lowest BCUT2D eigenvalue weighted by Crippen LogP contribution is -2.47. The molecule has 0 unspecified atom stereocenters. The van der Waals surface area contributed by atoms with Crippen molar-refractivity contribution >= 4 is 23.4 Å². The molecular weight excluding hydrogens is 232 g/mol. The molecule has 1 aliphatic heterocycles. The van der Waals surface area contributed by atoms with E-state index in [9.17, 15) is 9.59 Å². The van der Waals surface area contributed by atoms with E-state index in [1.165, 1.54) is 7.11 Å². The Morgan fingerprint density at radius 3 is 2.56 bits per heavy atom. The van der Waals surface area contributed by atoms with Gasteiger partial charge in [0.1, 0.15) is 12.5 Å². The van der Waals surface area contributed by atoms with Crippen LogP contribution in [0.5, 0.6) is 0 Å². The highest BCUT2D eigenvalue weighted by molar-refractivity contribution is 6.27. The molecule has 1 aliphatic rings. The van der Waals surface area contributed by atoms with Gasteiger partial charge in [0, 0.05) is 26.2 Å². The highest BCUT2D eigenvalue weighted by atomic mass is 35.5. The van der Waals surface area contributed by atoms with E-state index in [0.717, 1.165) is 12.8 Å². The predicted molar refractivity (Wildman–Crippen MR) is 60.3 cm³/mol. The molecule has 2 amide bonds. The van der Waals surface area contributed by atoms with E-state index in [0.29, 0.717) is 13.1 Å². The maximum atomic E-state index is 11.5. The first-order chi connectivity index (χ1) is 7.67. The molecule has 0 bridgehead atoms. The molecule has 16 heavy (non-hydrogen) atoms. The molecule has 5 nitrogen and oxygen atoms in total. The van der Waals surface area contributed by atoms with Crippen LogP contribution in [0.1, 0.15) is 12.8 Å². The average Bonchev–Trinajstić information content (AvgIpc) is 2.30. The molecule has 1 saturated heterocycles. The third kappa shape index (κ3) is 3.98. The number of ether oxygens (including phenoxy) is 1. The second-order valence-corrected chi connectivity index (χ2v) is 4.06. The first-order valence-corrected chi connectivity index (χ1v) is 5.83. The molecule has 92 valence electrons. The van der Waals surface area contributed by atoms with Crippen molar-refractivity contribution < 1.29 is 14.3 Å². The van der Waals surface area contributed by atoms with Gasteiger partial charge in [-0.3, -0.25) is 9.59 Å². The quantitative estimate of drug-likeness (QED) is 0.712. The molecule has 0 aromatic heterocycles. The van der Waals surface area contributed by atoms with Gasteiger partial charge in [-0.2, -0.15) is 0 Å². The van der Waals surface area contributed by atoms with Crippen LogP contribution in [-0.2, 0) is 14.3 Å². The van der Waals surface area contributed by atoms with Gasteiger partial charge in [-0.15, -0.1) is 11.6 Å². The van der Waals surface area contributed by atoms with Crippen LogP contribution in [0.2, 0.25) is 0 Å². The summed E-state index contributed by atoms with van der Waals surface area (Å²) in [6.45, 7) is 1.45. The Labute approximate surface area is 100 Å². The number of piperidine rings is 1. The first-order valence-electron chi connectivity index (χ1n) is 5.29. The number of hydrogen-bond acceptors (Lipinski definition) is 3. The normalized spacial score (nSPS) is 17.2. The van der Waals surface area contributed by atoms with Crippen LogP contribution >= 0.6 is 11.6 Å². The van der Waals surface area contributed by atoms with Crippen molar-refractivity contribution in [2.75, 3.05) is 32.7 Å². The number of nitrogens with one attached hydrogen (secondary N) is 1. The molecule has 0 spiro atoms. The molecule has 1 heterocycles. The topological polar surface area (TPSA) is 58.6 Å². The van der Waals surface area contributed by atoms with Crippen molar-refractivity contribution in [1.82, 2.24) is 10.2 Å². The third-order valence-electron chi connectivity index (χ3n) is 2.60. The monoisotopic (exact) mass is 248 g/mol. The van der Waals surface area contributed by atoms with Gasteiger partial charge in [-0.25, -0.2) is 0 Å². The minimum Gasteiger partial charge on any atom is -0.375 e. The van der Waals surface area contributed by atoms with Gasteiger partial charge in [-0.05, 0) is 12.8 Å². The minimum atomic E-state index is -0.150. The van der Waals surface area contributed by atoms with E-state index in [1.54, 1.807) is 4.90 Å². The second-order valence-electron chi connectivity index (χ2n) is 3.79. The summed E-state index contributed by atoms with van der Waals surface area (Å²) in [5, 5.41) is 2.82. The number of methoxy groups -OCH3 is 1. The van der Waals surface area contributed by atoms with E-state index in [4.69, 9.17) is 16.3 Å². The number of alkyl halides is 1. The van der Waals surface area contributed by atoms with Crippen LogP contribution in [0.25, 0.3) is 0 Å². The van der Waals surface area contributed by atoms with Gasteiger partial charge in [0.2, 0.25) is 11.8 Å². The van der Waals surface area contributed by atoms with Crippen LogP contribution in [0, 0.1) is 0 Å². The van der Waals surface area contributed by atoms with Gasteiger partial charge >= 0.3 is 0 Å². The van der Waals surface area contributed by atoms with E-state index >= 15 is 0 Å². The molecule has 0 aliphatic carbocycles. The third-order valence-corrected chi connectivity index (χ3v) is 2.84. The molecule has 0 aromatic rings. The summed E-state index contributed by atoms with van der Waals surface area (Å²) in [4.78, 5) is 24.3.